The van der Waals surface area contributed by atoms with Gasteiger partial charge in [-0.25, -0.2) is 0 Å². The number of rotatable bonds is 8. The predicted octanol–water partition coefficient (Wildman–Crippen LogP) is 2.42. The number of para-hydroxylation sites is 2. The van der Waals surface area contributed by atoms with Crippen molar-refractivity contribution in [2.24, 2.45) is 0 Å². The summed E-state index contributed by atoms with van der Waals surface area (Å²) in [7, 11) is 1.87. The molecule has 1 aliphatic heterocycles. The van der Waals surface area contributed by atoms with Crippen molar-refractivity contribution in [3.63, 3.8) is 0 Å². The third kappa shape index (κ3) is 5.69. The Bertz CT molecular complexity index is 717. The first-order valence-corrected chi connectivity index (χ1v) is 9.52. The Labute approximate surface area is 161 Å². The first-order valence-electron chi connectivity index (χ1n) is 9.52. The summed E-state index contributed by atoms with van der Waals surface area (Å²) in [6.07, 6.45) is 4.89. The summed E-state index contributed by atoms with van der Waals surface area (Å²) in [4.78, 5) is 20.5. The summed E-state index contributed by atoms with van der Waals surface area (Å²) >= 11 is 0. The molecule has 1 aromatic heterocycles. The van der Waals surface area contributed by atoms with Crippen LogP contribution in [-0.4, -0.2) is 62.2 Å². The van der Waals surface area contributed by atoms with Crippen LogP contribution in [0.5, 0.6) is 0 Å². The molecule has 1 N–H and O–H groups in total. The molecule has 0 aliphatic carbocycles. The molecule has 1 saturated heterocycles. The predicted molar refractivity (Wildman–Crippen MR) is 108 cm³/mol. The minimum atomic E-state index is 0.153. The molecule has 6 nitrogen and oxygen atoms in total. The van der Waals surface area contributed by atoms with E-state index >= 15 is 0 Å². The van der Waals surface area contributed by atoms with Crippen LogP contribution in [0.1, 0.15) is 12.0 Å². The molecule has 27 heavy (non-hydrogen) atoms. The van der Waals surface area contributed by atoms with Gasteiger partial charge < -0.3 is 19.9 Å². The normalized spacial score (nSPS) is 14.0. The van der Waals surface area contributed by atoms with Crippen molar-refractivity contribution in [2.75, 3.05) is 56.7 Å². The Morgan fingerprint density at radius 2 is 1.93 bits per heavy atom. The lowest BCUT2D eigenvalue weighted by molar-refractivity contribution is -0.129. The average molecular weight is 368 g/mol. The number of nitrogens with zero attached hydrogens (tertiary/aromatic N) is 3. The van der Waals surface area contributed by atoms with E-state index in [0.29, 0.717) is 19.5 Å². The molecule has 2 aromatic rings. The van der Waals surface area contributed by atoms with Crippen LogP contribution in [0.4, 0.5) is 11.4 Å². The molecule has 0 unspecified atom stereocenters. The number of likely N-dealkylation sites (N-methyl/N-ethyl adjacent to an activating group) is 1. The highest BCUT2D eigenvalue weighted by molar-refractivity contribution is 5.77. The summed E-state index contributed by atoms with van der Waals surface area (Å²) in [5, 5.41) is 3.43. The third-order valence-corrected chi connectivity index (χ3v) is 4.82. The zero-order chi connectivity index (χ0) is 18.9. The van der Waals surface area contributed by atoms with Crippen molar-refractivity contribution in [3.8, 4) is 0 Å². The van der Waals surface area contributed by atoms with Gasteiger partial charge in [0, 0.05) is 52.0 Å². The van der Waals surface area contributed by atoms with Gasteiger partial charge in [0.1, 0.15) is 0 Å². The number of carbonyl (C=O) groups is 1. The van der Waals surface area contributed by atoms with Crippen LogP contribution in [0, 0.1) is 0 Å². The van der Waals surface area contributed by atoms with E-state index in [2.05, 4.69) is 27.3 Å². The number of morpholine rings is 1. The smallest absolute Gasteiger partial charge is 0.224 e. The molecular formula is C21H28N4O2. The standard InChI is InChI=1S/C21H28N4O2/c1-24(13-9-18-6-10-22-11-7-18)21(26)8-12-23-19-4-2-3-5-20(19)25-14-16-27-17-15-25/h2-7,10-11,23H,8-9,12-17H2,1H3. The largest absolute Gasteiger partial charge is 0.383 e. The zero-order valence-electron chi connectivity index (χ0n) is 15.9. The fraction of sp³-hybridized carbons (Fsp3) is 0.429. The second-order valence-corrected chi connectivity index (χ2v) is 6.71. The van der Waals surface area contributed by atoms with E-state index in [1.165, 1.54) is 11.3 Å². The van der Waals surface area contributed by atoms with Gasteiger partial charge in [-0.05, 0) is 36.2 Å². The highest BCUT2D eigenvalue weighted by atomic mass is 16.5. The Kier molecular flexibility index (Phi) is 7.04. The maximum Gasteiger partial charge on any atom is 0.224 e. The minimum absolute atomic E-state index is 0.153. The van der Waals surface area contributed by atoms with Crippen LogP contribution in [0.2, 0.25) is 0 Å². The molecule has 3 rings (SSSR count). The SMILES string of the molecule is CN(CCc1ccncc1)C(=O)CCNc1ccccc1N1CCOCC1. The lowest BCUT2D eigenvalue weighted by Crippen LogP contribution is -2.36. The highest BCUT2D eigenvalue weighted by Crippen LogP contribution is 2.26. The van der Waals surface area contributed by atoms with Crippen molar-refractivity contribution in [2.45, 2.75) is 12.8 Å². The van der Waals surface area contributed by atoms with Crippen LogP contribution in [0.15, 0.2) is 48.8 Å². The average Bonchev–Trinajstić information content (AvgIpc) is 2.73. The fourth-order valence-corrected chi connectivity index (χ4v) is 3.17. The van der Waals surface area contributed by atoms with Crippen molar-refractivity contribution in [1.29, 1.82) is 0 Å². The minimum Gasteiger partial charge on any atom is -0.383 e. The number of benzene rings is 1. The van der Waals surface area contributed by atoms with Gasteiger partial charge in [0.2, 0.25) is 5.91 Å². The van der Waals surface area contributed by atoms with Gasteiger partial charge in [0.05, 0.1) is 24.6 Å². The second-order valence-electron chi connectivity index (χ2n) is 6.71. The highest BCUT2D eigenvalue weighted by Gasteiger charge is 2.15. The number of carbonyl (C=O) groups excluding carboxylic acids is 1. The molecule has 6 heteroatoms. The van der Waals surface area contributed by atoms with E-state index in [1.807, 2.05) is 31.3 Å². The number of hydrogen-bond donors (Lipinski definition) is 1. The lowest BCUT2D eigenvalue weighted by Gasteiger charge is -2.30. The van der Waals surface area contributed by atoms with Crippen molar-refractivity contribution >= 4 is 17.3 Å². The molecule has 0 bridgehead atoms. The number of nitrogens with one attached hydrogen (secondary N) is 1. The molecule has 0 radical (unpaired) electrons. The number of ether oxygens (including phenoxy) is 1. The lowest BCUT2D eigenvalue weighted by atomic mass is 10.2. The third-order valence-electron chi connectivity index (χ3n) is 4.82. The van der Waals surface area contributed by atoms with Crippen LogP contribution in [0.3, 0.4) is 0 Å². The number of hydrogen-bond acceptors (Lipinski definition) is 5. The maximum absolute atomic E-state index is 12.4. The van der Waals surface area contributed by atoms with Crippen molar-refractivity contribution in [3.05, 3.63) is 54.4 Å². The Morgan fingerprint density at radius 3 is 2.70 bits per heavy atom. The molecule has 0 atom stereocenters. The molecule has 1 aliphatic rings. The van der Waals surface area contributed by atoms with Gasteiger partial charge in [0.15, 0.2) is 0 Å². The van der Waals surface area contributed by atoms with E-state index in [-0.39, 0.29) is 5.91 Å². The molecule has 0 saturated carbocycles. The van der Waals surface area contributed by atoms with E-state index in [4.69, 9.17) is 4.74 Å². The molecular weight excluding hydrogens is 340 g/mol. The van der Waals surface area contributed by atoms with Crippen LogP contribution in [-0.2, 0) is 16.0 Å². The first-order chi connectivity index (χ1) is 13.2. The van der Waals surface area contributed by atoms with Crippen LogP contribution in [0.25, 0.3) is 0 Å². The fourth-order valence-electron chi connectivity index (χ4n) is 3.17. The molecule has 0 spiro atoms. The maximum atomic E-state index is 12.4. The Balaban J connectivity index is 1.45. The molecule has 1 aromatic carbocycles. The number of pyridine rings is 1. The summed E-state index contributed by atoms with van der Waals surface area (Å²) in [5.74, 6) is 0.153. The second kappa shape index (κ2) is 9.92. The Hall–Kier alpha value is -2.60. The monoisotopic (exact) mass is 368 g/mol. The van der Waals surface area contributed by atoms with E-state index in [9.17, 15) is 4.79 Å². The summed E-state index contributed by atoms with van der Waals surface area (Å²) < 4.78 is 5.44. The summed E-state index contributed by atoms with van der Waals surface area (Å²) in [6.45, 7) is 4.65. The van der Waals surface area contributed by atoms with Gasteiger partial charge >= 0.3 is 0 Å². The first kappa shape index (κ1) is 19.2. The van der Waals surface area contributed by atoms with E-state index in [1.54, 1.807) is 17.3 Å². The van der Waals surface area contributed by atoms with Crippen LogP contribution >= 0.6 is 0 Å². The summed E-state index contributed by atoms with van der Waals surface area (Å²) in [6, 6.07) is 12.2. The van der Waals surface area contributed by atoms with Gasteiger partial charge in [-0.1, -0.05) is 12.1 Å². The number of amides is 1. The number of aromatic nitrogens is 1. The quantitative estimate of drug-likeness (QED) is 0.775. The van der Waals surface area contributed by atoms with Crippen LogP contribution < -0.4 is 10.2 Å². The van der Waals surface area contributed by atoms with Gasteiger partial charge in [-0.2, -0.15) is 0 Å². The van der Waals surface area contributed by atoms with Gasteiger partial charge in [-0.15, -0.1) is 0 Å². The zero-order valence-corrected chi connectivity index (χ0v) is 15.9. The van der Waals surface area contributed by atoms with Gasteiger partial charge in [-0.3, -0.25) is 9.78 Å². The Morgan fingerprint density at radius 1 is 1.19 bits per heavy atom. The molecule has 1 amide bonds. The van der Waals surface area contributed by atoms with Crippen molar-refractivity contribution in [1.82, 2.24) is 9.88 Å². The molecule has 2 heterocycles. The van der Waals surface area contributed by atoms with Crippen molar-refractivity contribution < 1.29 is 9.53 Å². The summed E-state index contributed by atoms with van der Waals surface area (Å²) in [5.41, 5.74) is 3.45. The van der Waals surface area contributed by atoms with Gasteiger partial charge in [0.25, 0.3) is 0 Å². The van der Waals surface area contributed by atoms with E-state index < -0.39 is 0 Å². The molecule has 144 valence electrons. The number of anilines is 2. The molecule has 1 fully saturated rings. The van der Waals surface area contributed by atoms with E-state index in [0.717, 1.165) is 38.4 Å². The topological polar surface area (TPSA) is 57.7 Å².